The molecule has 8 nitrogen and oxygen atoms in total. The minimum atomic E-state index is -1.22. The number of nitriles is 1. The lowest BCUT2D eigenvalue weighted by molar-refractivity contribution is -0.0589. The van der Waals surface area contributed by atoms with Gasteiger partial charge in [0.1, 0.15) is 23.8 Å². The summed E-state index contributed by atoms with van der Waals surface area (Å²) in [6.07, 6.45) is 1.04. The third-order valence-corrected chi connectivity index (χ3v) is 7.96. The Morgan fingerprint density at radius 3 is 2.66 bits per heavy atom. The first-order valence-corrected chi connectivity index (χ1v) is 14.2. The molecule has 11 heteroatoms. The molecule has 1 N–H and O–H groups in total. The van der Waals surface area contributed by atoms with Gasteiger partial charge in [-0.25, -0.2) is 23.5 Å². The van der Waals surface area contributed by atoms with Gasteiger partial charge in [-0.1, -0.05) is 29.8 Å². The molecule has 44 heavy (non-hydrogen) atoms. The van der Waals surface area contributed by atoms with Gasteiger partial charge in [-0.05, 0) is 60.9 Å². The van der Waals surface area contributed by atoms with Crippen molar-refractivity contribution in [3.63, 3.8) is 0 Å². The highest BCUT2D eigenvalue weighted by Gasteiger charge is 2.24. The Morgan fingerprint density at radius 1 is 1.14 bits per heavy atom. The van der Waals surface area contributed by atoms with E-state index in [1.807, 2.05) is 29.7 Å². The largest absolute Gasteiger partial charge is 0.478 e. The second-order valence-corrected chi connectivity index (χ2v) is 11.0. The molecule has 1 unspecified atom stereocenters. The van der Waals surface area contributed by atoms with E-state index in [1.54, 1.807) is 18.2 Å². The zero-order chi connectivity index (χ0) is 31.0. The van der Waals surface area contributed by atoms with E-state index in [2.05, 4.69) is 9.97 Å². The number of aromatic nitrogens is 3. The highest BCUT2D eigenvalue weighted by Crippen LogP contribution is 2.32. The Bertz CT molecular complexity index is 1970. The van der Waals surface area contributed by atoms with Gasteiger partial charge in [0.15, 0.2) is 5.82 Å². The number of imidazole rings is 1. The van der Waals surface area contributed by atoms with Gasteiger partial charge in [-0.3, -0.25) is 0 Å². The normalized spacial score (nSPS) is 14.3. The molecule has 0 spiro atoms. The molecule has 5 aromatic rings. The van der Waals surface area contributed by atoms with E-state index >= 15 is 0 Å². The smallest absolute Gasteiger partial charge is 0.335 e. The van der Waals surface area contributed by atoms with Crippen molar-refractivity contribution in [1.29, 1.82) is 5.26 Å². The SMILES string of the molecule is Cc1cc(Cc2nc3c(F)cc(C(=O)O)cc3n2CC2CCO2)c(Cl)cc1-c1cccc(OCc2ccc(C#N)cc2F)n1. The Hall–Kier alpha value is -4.85. The molecule has 1 aliphatic heterocycles. The zero-order valence-corrected chi connectivity index (χ0v) is 24.2. The molecular weight excluding hydrogens is 590 g/mol. The van der Waals surface area contributed by atoms with E-state index in [1.165, 1.54) is 18.2 Å². The van der Waals surface area contributed by atoms with Crippen LogP contribution < -0.4 is 4.74 Å². The van der Waals surface area contributed by atoms with Gasteiger partial charge in [0.2, 0.25) is 5.88 Å². The Balaban J connectivity index is 1.28. The summed E-state index contributed by atoms with van der Waals surface area (Å²) in [5, 5.41) is 18.9. The molecule has 1 atom stereocenters. The average Bonchev–Trinajstić information content (AvgIpc) is 3.33. The number of fused-ring (bicyclic) bond motifs is 1. The fraction of sp³-hybridized carbons (Fsp3) is 0.212. The lowest BCUT2D eigenvalue weighted by Crippen LogP contribution is -2.31. The lowest BCUT2D eigenvalue weighted by Gasteiger charge is -2.27. The number of nitrogens with zero attached hydrogens (tertiary/aromatic N) is 4. The molecule has 0 aliphatic carbocycles. The minimum Gasteiger partial charge on any atom is -0.478 e. The molecule has 2 aromatic heterocycles. The predicted octanol–water partition coefficient (Wildman–Crippen LogP) is 6.87. The van der Waals surface area contributed by atoms with Crippen LogP contribution in [0.5, 0.6) is 5.88 Å². The summed E-state index contributed by atoms with van der Waals surface area (Å²) in [6, 6.07) is 17.5. The Labute approximate surface area is 256 Å². The number of aromatic carboxylic acids is 1. The summed E-state index contributed by atoms with van der Waals surface area (Å²) in [6.45, 7) is 2.90. The molecule has 6 rings (SSSR count). The van der Waals surface area contributed by atoms with Crippen LogP contribution in [0.15, 0.2) is 60.7 Å². The number of carboxylic acids is 1. The highest BCUT2D eigenvalue weighted by molar-refractivity contribution is 6.31. The van der Waals surface area contributed by atoms with Gasteiger partial charge < -0.3 is 19.1 Å². The van der Waals surface area contributed by atoms with Crippen LogP contribution in [-0.2, 0) is 24.3 Å². The maximum atomic E-state index is 14.9. The summed E-state index contributed by atoms with van der Waals surface area (Å²) in [4.78, 5) is 20.7. The molecule has 0 bridgehead atoms. The minimum absolute atomic E-state index is 0.0614. The van der Waals surface area contributed by atoms with Crippen LogP contribution in [0, 0.1) is 29.9 Å². The number of aryl methyl sites for hydroxylation is 1. The predicted molar refractivity (Wildman–Crippen MR) is 159 cm³/mol. The van der Waals surface area contributed by atoms with E-state index in [9.17, 15) is 18.7 Å². The third-order valence-electron chi connectivity index (χ3n) is 7.61. The maximum absolute atomic E-state index is 14.9. The average molecular weight is 615 g/mol. The fourth-order valence-electron chi connectivity index (χ4n) is 5.18. The van der Waals surface area contributed by atoms with Gasteiger partial charge in [0, 0.05) is 35.2 Å². The number of hydrogen-bond acceptors (Lipinski definition) is 6. The van der Waals surface area contributed by atoms with Crippen molar-refractivity contribution in [1.82, 2.24) is 14.5 Å². The molecular formula is C33H25ClF2N4O4. The fourth-order valence-corrected chi connectivity index (χ4v) is 5.41. The van der Waals surface area contributed by atoms with Gasteiger partial charge in [0.05, 0.1) is 41.1 Å². The van der Waals surface area contributed by atoms with Gasteiger partial charge in [-0.2, -0.15) is 5.26 Å². The van der Waals surface area contributed by atoms with Crippen LogP contribution in [0.4, 0.5) is 8.78 Å². The monoisotopic (exact) mass is 614 g/mol. The van der Waals surface area contributed by atoms with Crippen LogP contribution in [0.3, 0.4) is 0 Å². The van der Waals surface area contributed by atoms with Crippen LogP contribution >= 0.6 is 11.6 Å². The molecule has 1 saturated heterocycles. The van der Waals surface area contributed by atoms with Crippen molar-refractivity contribution in [2.75, 3.05) is 6.61 Å². The molecule has 3 aromatic carbocycles. The molecule has 222 valence electrons. The van der Waals surface area contributed by atoms with Crippen molar-refractivity contribution in [2.24, 2.45) is 0 Å². The van der Waals surface area contributed by atoms with Crippen LogP contribution in [-0.4, -0.2) is 38.3 Å². The highest BCUT2D eigenvalue weighted by atomic mass is 35.5. The Kier molecular flexibility index (Phi) is 7.99. The number of ether oxygens (including phenoxy) is 2. The number of pyridine rings is 1. The van der Waals surface area contributed by atoms with Crippen molar-refractivity contribution >= 4 is 28.6 Å². The van der Waals surface area contributed by atoms with Crippen molar-refractivity contribution in [3.05, 3.63) is 111 Å². The topological polar surface area (TPSA) is 110 Å². The van der Waals surface area contributed by atoms with E-state index in [0.29, 0.717) is 46.7 Å². The molecule has 1 fully saturated rings. The van der Waals surface area contributed by atoms with Crippen LogP contribution in [0.25, 0.3) is 22.3 Å². The number of rotatable bonds is 9. The third kappa shape index (κ3) is 5.84. The number of benzene rings is 3. The number of hydrogen-bond donors (Lipinski definition) is 1. The quantitative estimate of drug-likeness (QED) is 0.193. The second kappa shape index (κ2) is 12.0. The standard InChI is InChI=1S/C33H25ClF2N4O4/c1-18-9-21(13-30-39-32-27(36)11-22(33(41)42)12-29(32)40(30)16-23-7-8-43-23)25(34)14-24(18)28-3-2-4-31(38-28)44-17-20-6-5-19(15-37)10-26(20)35/h2-6,9-12,14,23H,7-8,13,16-17H2,1H3,(H,41,42). The molecule has 0 radical (unpaired) electrons. The number of carbonyl (C=O) groups is 1. The first-order valence-electron chi connectivity index (χ1n) is 13.8. The van der Waals surface area contributed by atoms with E-state index in [-0.39, 0.29) is 35.8 Å². The summed E-state index contributed by atoms with van der Waals surface area (Å²) in [5.41, 5.74) is 3.85. The molecule has 3 heterocycles. The lowest BCUT2D eigenvalue weighted by atomic mass is 10.00. The van der Waals surface area contributed by atoms with Crippen molar-refractivity contribution in [3.8, 4) is 23.2 Å². The number of carboxylic acid groups (broad SMARTS) is 1. The number of halogens is 3. The second-order valence-electron chi connectivity index (χ2n) is 10.6. The van der Waals surface area contributed by atoms with Crippen LogP contribution in [0.1, 0.15) is 44.9 Å². The summed E-state index contributed by atoms with van der Waals surface area (Å²) in [7, 11) is 0. The molecule has 0 amide bonds. The van der Waals surface area contributed by atoms with Crippen molar-refractivity contribution < 1.29 is 28.2 Å². The maximum Gasteiger partial charge on any atom is 0.335 e. The van der Waals surface area contributed by atoms with Gasteiger partial charge >= 0.3 is 5.97 Å². The van der Waals surface area contributed by atoms with E-state index in [0.717, 1.165) is 35.2 Å². The van der Waals surface area contributed by atoms with Gasteiger partial charge in [-0.15, -0.1) is 0 Å². The van der Waals surface area contributed by atoms with E-state index < -0.39 is 17.6 Å². The summed E-state index contributed by atoms with van der Waals surface area (Å²) >= 11 is 6.78. The summed E-state index contributed by atoms with van der Waals surface area (Å²) < 4.78 is 42.4. The van der Waals surface area contributed by atoms with E-state index in [4.69, 9.17) is 26.3 Å². The van der Waals surface area contributed by atoms with Gasteiger partial charge in [0.25, 0.3) is 0 Å². The Morgan fingerprint density at radius 2 is 1.95 bits per heavy atom. The first kappa shape index (κ1) is 29.2. The molecule has 1 aliphatic rings. The molecule has 0 saturated carbocycles. The summed E-state index contributed by atoms with van der Waals surface area (Å²) in [5.74, 6) is -1.63. The zero-order valence-electron chi connectivity index (χ0n) is 23.5. The van der Waals surface area contributed by atoms with Crippen LogP contribution in [0.2, 0.25) is 5.02 Å². The van der Waals surface area contributed by atoms with Crippen molar-refractivity contribution in [2.45, 2.75) is 39.0 Å². The first-order chi connectivity index (χ1) is 21.2.